The molecule has 1 saturated heterocycles. The van der Waals surface area contributed by atoms with Crippen LogP contribution in [0.5, 0.6) is 0 Å². The second-order valence-corrected chi connectivity index (χ2v) is 4.27. The molecule has 3 nitrogen and oxygen atoms in total. The number of aryl methyl sites for hydroxylation is 1. The molecule has 2 N–H and O–H groups in total. The second-order valence-electron chi connectivity index (χ2n) is 4.27. The van der Waals surface area contributed by atoms with Gasteiger partial charge in [0.1, 0.15) is 0 Å². The molecule has 0 spiro atoms. The average Bonchev–Trinajstić information content (AvgIpc) is 2.42. The van der Waals surface area contributed by atoms with Gasteiger partial charge in [-0.2, -0.15) is 0 Å². The van der Waals surface area contributed by atoms with Crippen molar-refractivity contribution in [1.82, 2.24) is 4.90 Å². The lowest BCUT2D eigenvalue weighted by atomic mass is 10.1. The first-order valence-corrected chi connectivity index (χ1v) is 6.40. The standard InChI is InChI=1S/C13H20N2.CH5N/c1-3-12-6-4-5-7-13(12)15-10-8-14(2)9-11-15;1-2/h4-7H,3,8-11H2,1-2H3;2H2,1H3. The van der Waals surface area contributed by atoms with Crippen molar-refractivity contribution in [2.45, 2.75) is 13.3 Å². The first-order chi connectivity index (χ1) is 8.31. The molecule has 0 bridgehead atoms. The van der Waals surface area contributed by atoms with Crippen LogP contribution in [0.1, 0.15) is 12.5 Å². The van der Waals surface area contributed by atoms with E-state index in [0.717, 1.165) is 19.5 Å². The molecule has 0 radical (unpaired) electrons. The Balaban J connectivity index is 0.000000686. The maximum absolute atomic E-state index is 4.50. The van der Waals surface area contributed by atoms with Crippen LogP contribution >= 0.6 is 0 Å². The van der Waals surface area contributed by atoms with Crippen molar-refractivity contribution in [3.63, 3.8) is 0 Å². The Hall–Kier alpha value is -1.06. The Labute approximate surface area is 105 Å². The van der Waals surface area contributed by atoms with Crippen LogP contribution in [-0.4, -0.2) is 45.2 Å². The van der Waals surface area contributed by atoms with E-state index in [1.165, 1.54) is 31.4 Å². The normalized spacial score (nSPS) is 16.4. The van der Waals surface area contributed by atoms with Crippen LogP contribution in [0.2, 0.25) is 0 Å². The quantitative estimate of drug-likeness (QED) is 0.844. The van der Waals surface area contributed by atoms with E-state index in [-0.39, 0.29) is 0 Å². The highest BCUT2D eigenvalue weighted by Crippen LogP contribution is 2.21. The molecular formula is C14H25N3. The maximum atomic E-state index is 4.50. The summed E-state index contributed by atoms with van der Waals surface area (Å²) in [6, 6.07) is 8.78. The minimum Gasteiger partial charge on any atom is -0.369 e. The lowest BCUT2D eigenvalue weighted by Gasteiger charge is -2.35. The fraction of sp³-hybridized carbons (Fsp3) is 0.571. The SMILES string of the molecule is CCc1ccccc1N1CCN(C)CC1.CN. The van der Waals surface area contributed by atoms with Gasteiger partial charge in [-0.15, -0.1) is 0 Å². The van der Waals surface area contributed by atoms with Gasteiger partial charge in [-0.05, 0) is 32.1 Å². The van der Waals surface area contributed by atoms with E-state index in [1.807, 2.05) is 0 Å². The van der Waals surface area contributed by atoms with Gasteiger partial charge in [0, 0.05) is 31.9 Å². The van der Waals surface area contributed by atoms with Crippen molar-refractivity contribution in [2.24, 2.45) is 5.73 Å². The molecule has 0 atom stereocenters. The van der Waals surface area contributed by atoms with E-state index in [4.69, 9.17) is 0 Å². The highest BCUT2D eigenvalue weighted by atomic mass is 15.2. The zero-order valence-electron chi connectivity index (χ0n) is 11.3. The molecule has 1 aromatic carbocycles. The summed E-state index contributed by atoms with van der Waals surface area (Å²) in [5, 5.41) is 0. The van der Waals surface area contributed by atoms with Crippen molar-refractivity contribution < 1.29 is 0 Å². The molecule has 17 heavy (non-hydrogen) atoms. The first kappa shape index (κ1) is 14.0. The van der Waals surface area contributed by atoms with Gasteiger partial charge in [-0.25, -0.2) is 0 Å². The molecule has 0 aromatic heterocycles. The Bertz CT molecular complexity index is 317. The van der Waals surface area contributed by atoms with Crippen molar-refractivity contribution in [3.05, 3.63) is 29.8 Å². The topological polar surface area (TPSA) is 32.5 Å². The molecule has 1 aliphatic rings. The van der Waals surface area contributed by atoms with Crippen molar-refractivity contribution >= 4 is 5.69 Å². The first-order valence-electron chi connectivity index (χ1n) is 6.40. The summed E-state index contributed by atoms with van der Waals surface area (Å²) >= 11 is 0. The van der Waals surface area contributed by atoms with Gasteiger partial charge in [0.15, 0.2) is 0 Å². The largest absolute Gasteiger partial charge is 0.369 e. The van der Waals surface area contributed by atoms with Crippen molar-refractivity contribution in [2.75, 3.05) is 45.2 Å². The fourth-order valence-electron chi connectivity index (χ4n) is 2.17. The van der Waals surface area contributed by atoms with Crippen molar-refractivity contribution in [1.29, 1.82) is 0 Å². The molecule has 0 aliphatic carbocycles. The molecule has 0 unspecified atom stereocenters. The molecular weight excluding hydrogens is 210 g/mol. The van der Waals surface area contributed by atoms with E-state index in [0.29, 0.717) is 0 Å². The minimum atomic E-state index is 1.13. The Kier molecular flexibility index (Phi) is 6.01. The molecule has 0 amide bonds. The average molecular weight is 235 g/mol. The maximum Gasteiger partial charge on any atom is 0.0399 e. The molecule has 3 heteroatoms. The molecule has 2 rings (SSSR count). The highest BCUT2D eigenvalue weighted by molar-refractivity contribution is 5.54. The fourth-order valence-corrected chi connectivity index (χ4v) is 2.17. The smallest absolute Gasteiger partial charge is 0.0399 e. The summed E-state index contributed by atoms with van der Waals surface area (Å²) in [6.07, 6.45) is 1.13. The number of likely N-dealkylation sites (N-methyl/N-ethyl adjacent to an activating group) is 1. The van der Waals surface area contributed by atoms with Crippen LogP contribution in [0.25, 0.3) is 0 Å². The third-order valence-electron chi connectivity index (χ3n) is 3.22. The zero-order valence-corrected chi connectivity index (χ0v) is 11.3. The molecule has 1 aromatic rings. The number of nitrogens with zero attached hydrogens (tertiary/aromatic N) is 2. The van der Waals surface area contributed by atoms with Crippen LogP contribution in [0.3, 0.4) is 0 Å². The van der Waals surface area contributed by atoms with Gasteiger partial charge in [-0.1, -0.05) is 25.1 Å². The van der Waals surface area contributed by atoms with E-state index in [1.54, 1.807) is 0 Å². The zero-order chi connectivity index (χ0) is 12.7. The number of para-hydroxylation sites is 1. The number of benzene rings is 1. The van der Waals surface area contributed by atoms with E-state index in [9.17, 15) is 0 Å². The lowest BCUT2D eigenvalue weighted by molar-refractivity contribution is 0.312. The summed E-state index contributed by atoms with van der Waals surface area (Å²) in [7, 11) is 3.70. The van der Waals surface area contributed by atoms with Gasteiger partial charge in [0.05, 0.1) is 0 Å². The minimum absolute atomic E-state index is 1.13. The number of anilines is 1. The van der Waals surface area contributed by atoms with E-state index < -0.39 is 0 Å². The van der Waals surface area contributed by atoms with Gasteiger partial charge >= 0.3 is 0 Å². The van der Waals surface area contributed by atoms with Gasteiger partial charge in [0.2, 0.25) is 0 Å². The van der Waals surface area contributed by atoms with Crippen LogP contribution in [0, 0.1) is 0 Å². The third kappa shape index (κ3) is 3.72. The van der Waals surface area contributed by atoms with Gasteiger partial charge in [-0.3, -0.25) is 0 Å². The second kappa shape index (κ2) is 7.30. The van der Waals surface area contributed by atoms with Crippen LogP contribution in [0.4, 0.5) is 5.69 Å². The van der Waals surface area contributed by atoms with Crippen LogP contribution in [0.15, 0.2) is 24.3 Å². The Morgan fingerprint density at radius 3 is 2.24 bits per heavy atom. The van der Waals surface area contributed by atoms with Crippen molar-refractivity contribution in [3.8, 4) is 0 Å². The van der Waals surface area contributed by atoms with Crippen LogP contribution in [-0.2, 0) is 6.42 Å². The number of nitrogens with two attached hydrogens (primary N) is 1. The van der Waals surface area contributed by atoms with E-state index in [2.05, 4.69) is 53.8 Å². The molecule has 0 saturated carbocycles. The monoisotopic (exact) mass is 235 g/mol. The summed E-state index contributed by atoms with van der Waals surface area (Å²) in [6.45, 7) is 6.91. The predicted octanol–water partition coefficient (Wildman–Crippen LogP) is 1.58. The summed E-state index contributed by atoms with van der Waals surface area (Å²) in [5.74, 6) is 0. The number of rotatable bonds is 2. The summed E-state index contributed by atoms with van der Waals surface area (Å²) in [5.41, 5.74) is 7.41. The number of piperazine rings is 1. The Morgan fingerprint density at radius 2 is 1.65 bits per heavy atom. The van der Waals surface area contributed by atoms with Gasteiger partial charge < -0.3 is 15.5 Å². The third-order valence-corrected chi connectivity index (χ3v) is 3.22. The molecule has 96 valence electrons. The van der Waals surface area contributed by atoms with E-state index >= 15 is 0 Å². The molecule has 1 fully saturated rings. The molecule has 1 heterocycles. The predicted molar refractivity (Wildman–Crippen MR) is 75.6 cm³/mol. The summed E-state index contributed by atoms with van der Waals surface area (Å²) in [4.78, 5) is 4.91. The lowest BCUT2D eigenvalue weighted by Crippen LogP contribution is -2.44. The van der Waals surface area contributed by atoms with Crippen LogP contribution < -0.4 is 10.6 Å². The number of hydrogen-bond acceptors (Lipinski definition) is 3. The molecule has 1 aliphatic heterocycles. The number of hydrogen-bond donors (Lipinski definition) is 1. The highest BCUT2D eigenvalue weighted by Gasteiger charge is 2.15. The summed E-state index contributed by atoms with van der Waals surface area (Å²) < 4.78 is 0. The van der Waals surface area contributed by atoms with Gasteiger partial charge in [0.25, 0.3) is 0 Å². The Morgan fingerprint density at radius 1 is 1.06 bits per heavy atom.